The largest absolute Gasteiger partial charge is 0.339 e. The van der Waals surface area contributed by atoms with Crippen LogP contribution in [-0.2, 0) is 20.8 Å². The van der Waals surface area contributed by atoms with Gasteiger partial charge in [-0.2, -0.15) is 0 Å². The minimum atomic E-state index is -0.380. The number of carbonyl (C=O) groups excluding carboxylic acids is 3. The topological polar surface area (TPSA) is 69.7 Å². The molecule has 1 aliphatic heterocycles. The third-order valence-electron chi connectivity index (χ3n) is 5.64. The van der Waals surface area contributed by atoms with Crippen LogP contribution in [0.5, 0.6) is 0 Å². The Balaban J connectivity index is 1.81. The van der Waals surface area contributed by atoms with E-state index in [4.69, 9.17) is 0 Å². The number of anilines is 3. The monoisotopic (exact) mass is 439 g/mol. The lowest BCUT2D eigenvalue weighted by Gasteiger charge is -2.21. The minimum Gasteiger partial charge on any atom is -0.339 e. The van der Waals surface area contributed by atoms with Crippen LogP contribution in [0.15, 0.2) is 84.6 Å². The first-order valence-corrected chi connectivity index (χ1v) is 10.8. The Morgan fingerprint density at radius 3 is 2.09 bits per heavy atom. The Labute approximate surface area is 193 Å². The summed E-state index contributed by atoms with van der Waals surface area (Å²) in [6, 6.07) is 23.8. The van der Waals surface area contributed by atoms with Crippen molar-refractivity contribution in [3.63, 3.8) is 0 Å². The molecule has 3 aromatic rings. The second kappa shape index (κ2) is 9.12. The molecule has 0 spiro atoms. The first kappa shape index (κ1) is 22.0. The first-order chi connectivity index (χ1) is 15.9. The molecule has 1 heterocycles. The summed E-state index contributed by atoms with van der Waals surface area (Å²) < 4.78 is 0. The molecule has 0 radical (unpaired) electrons. The lowest BCUT2D eigenvalue weighted by atomic mass is 10.0. The number of imide groups is 1. The molecule has 0 atom stereocenters. The number of nitrogens with one attached hydrogen (secondary N) is 1. The molecule has 1 aliphatic rings. The maximum atomic E-state index is 13.6. The van der Waals surface area contributed by atoms with Crippen molar-refractivity contribution in [2.45, 2.75) is 20.3 Å². The number of hydrogen-bond donors (Lipinski definition) is 1. The molecule has 0 saturated carbocycles. The van der Waals surface area contributed by atoms with Crippen LogP contribution in [0, 0.1) is 0 Å². The van der Waals surface area contributed by atoms with E-state index in [1.54, 1.807) is 48.3 Å². The number of benzene rings is 3. The molecule has 4 rings (SSSR count). The summed E-state index contributed by atoms with van der Waals surface area (Å²) in [5.41, 5.74) is 4.30. The van der Waals surface area contributed by atoms with Gasteiger partial charge in [0.05, 0.1) is 11.3 Å². The Bertz CT molecular complexity index is 1230. The van der Waals surface area contributed by atoms with Crippen molar-refractivity contribution >= 4 is 40.4 Å². The number of likely N-dealkylation sites (N-methyl/N-ethyl adjacent to an activating group) is 1. The van der Waals surface area contributed by atoms with Crippen LogP contribution in [0.2, 0.25) is 0 Å². The number of carbonyl (C=O) groups is 3. The van der Waals surface area contributed by atoms with E-state index in [9.17, 15) is 14.4 Å². The Morgan fingerprint density at radius 1 is 0.879 bits per heavy atom. The molecule has 166 valence electrons. The summed E-state index contributed by atoms with van der Waals surface area (Å²) in [6.07, 6.45) is 0.869. The predicted octanol–water partition coefficient (Wildman–Crippen LogP) is 4.63. The fourth-order valence-electron chi connectivity index (χ4n) is 3.91. The molecule has 33 heavy (non-hydrogen) atoms. The molecule has 3 amide bonds. The molecule has 1 N–H and O–H groups in total. The van der Waals surface area contributed by atoms with Gasteiger partial charge in [-0.15, -0.1) is 0 Å². The molecule has 0 aromatic heterocycles. The summed E-state index contributed by atoms with van der Waals surface area (Å²) in [5, 5.41) is 2.72. The lowest BCUT2D eigenvalue weighted by Crippen LogP contribution is -2.34. The van der Waals surface area contributed by atoms with Gasteiger partial charge in [0.2, 0.25) is 5.91 Å². The zero-order chi connectivity index (χ0) is 23.5. The Kier molecular flexibility index (Phi) is 6.09. The number of amides is 3. The maximum absolute atomic E-state index is 13.6. The van der Waals surface area contributed by atoms with Crippen molar-refractivity contribution in [2.75, 3.05) is 22.2 Å². The minimum absolute atomic E-state index is 0.180. The number of hydrogen-bond acceptors (Lipinski definition) is 4. The van der Waals surface area contributed by atoms with Crippen molar-refractivity contribution in [3.05, 3.63) is 95.7 Å². The molecule has 0 bridgehead atoms. The summed E-state index contributed by atoms with van der Waals surface area (Å²) >= 11 is 0. The number of aryl methyl sites for hydroxylation is 1. The van der Waals surface area contributed by atoms with Gasteiger partial charge < -0.3 is 10.2 Å². The molecule has 3 aromatic carbocycles. The van der Waals surface area contributed by atoms with E-state index in [0.717, 1.165) is 17.7 Å². The van der Waals surface area contributed by atoms with Gasteiger partial charge in [0.25, 0.3) is 11.8 Å². The highest BCUT2D eigenvalue weighted by Gasteiger charge is 2.42. The highest BCUT2D eigenvalue weighted by molar-refractivity contribution is 6.46. The fourth-order valence-corrected chi connectivity index (χ4v) is 3.91. The average Bonchev–Trinajstić information content (AvgIpc) is 3.09. The molecule has 0 aliphatic carbocycles. The quantitative estimate of drug-likeness (QED) is 0.569. The third kappa shape index (κ3) is 4.28. The second-order valence-corrected chi connectivity index (χ2v) is 7.84. The second-order valence-electron chi connectivity index (χ2n) is 7.84. The lowest BCUT2D eigenvalue weighted by molar-refractivity contribution is -0.120. The summed E-state index contributed by atoms with van der Waals surface area (Å²) in [4.78, 5) is 41.6. The molecule has 0 fully saturated rings. The summed E-state index contributed by atoms with van der Waals surface area (Å²) in [7, 11) is 1.78. The third-order valence-corrected chi connectivity index (χ3v) is 5.64. The normalized spacial score (nSPS) is 13.5. The summed E-state index contributed by atoms with van der Waals surface area (Å²) in [5.74, 6) is -0.939. The van der Waals surface area contributed by atoms with Crippen LogP contribution in [0.3, 0.4) is 0 Å². The SMILES string of the molecule is CCc1ccc(N2C(=O)C(c3ccc(NC(C)=O)cc3)=C(N(C)c3ccccc3)C2=O)cc1. The molecule has 6 heteroatoms. The molecule has 0 saturated heterocycles. The van der Waals surface area contributed by atoms with Crippen molar-refractivity contribution in [3.8, 4) is 0 Å². The van der Waals surface area contributed by atoms with Gasteiger partial charge in [-0.05, 0) is 53.9 Å². The zero-order valence-electron chi connectivity index (χ0n) is 18.8. The highest BCUT2D eigenvalue weighted by Crippen LogP contribution is 2.36. The van der Waals surface area contributed by atoms with Crippen molar-refractivity contribution in [1.29, 1.82) is 0 Å². The van der Waals surface area contributed by atoms with Crippen LogP contribution in [0.1, 0.15) is 25.0 Å². The predicted molar refractivity (Wildman–Crippen MR) is 131 cm³/mol. The van der Waals surface area contributed by atoms with Crippen molar-refractivity contribution in [1.82, 2.24) is 0 Å². The van der Waals surface area contributed by atoms with E-state index in [0.29, 0.717) is 28.2 Å². The average molecular weight is 440 g/mol. The van der Waals surface area contributed by atoms with E-state index in [2.05, 4.69) is 12.2 Å². The van der Waals surface area contributed by atoms with E-state index in [-0.39, 0.29) is 17.7 Å². The number of rotatable bonds is 6. The zero-order valence-corrected chi connectivity index (χ0v) is 18.8. The summed E-state index contributed by atoms with van der Waals surface area (Å²) in [6.45, 7) is 3.49. The van der Waals surface area contributed by atoms with Crippen LogP contribution < -0.4 is 15.1 Å². The van der Waals surface area contributed by atoms with Gasteiger partial charge in [0.1, 0.15) is 5.70 Å². The first-order valence-electron chi connectivity index (χ1n) is 10.8. The highest BCUT2D eigenvalue weighted by atomic mass is 16.2. The van der Waals surface area contributed by atoms with E-state index in [1.165, 1.54) is 11.8 Å². The molecule has 6 nitrogen and oxygen atoms in total. The van der Waals surface area contributed by atoms with Gasteiger partial charge in [0, 0.05) is 25.3 Å². The maximum Gasteiger partial charge on any atom is 0.282 e. The molecular formula is C27H25N3O3. The smallest absolute Gasteiger partial charge is 0.282 e. The van der Waals surface area contributed by atoms with Gasteiger partial charge in [-0.3, -0.25) is 14.4 Å². The van der Waals surface area contributed by atoms with Gasteiger partial charge in [-0.1, -0.05) is 49.4 Å². The van der Waals surface area contributed by atoms with Crippen molar-refractivity contribution in [2.24, 2.45) is 0 Å². The fraction of sp³-hybridized carbons (Fsp3) is 0.148. The molecular weight excluding hydrogens is 414 g/mol. The van der Waals surface area contributed by atoms with Gasteiger partial charge >= 0.3 is 0 Å². The number of nitrogens with zero attached hydrogens (tertiary/aromatic N) is 2. The van der Waals surface area contributed by atoms with Crippen LogP contribution in [0.25, 0.3) is 5.57 Å². The standard InChI is InChI=1S/C27H25N3O3/c1-4-19-10-16-23(17-11-19)30-26(32)24(20-12-14-21(15-13-20)28-18(2)31)25(27(30)33)29(3)22-8-6-5-7-9-22/h5-17H,4H2,1-3H3,(H,28,31). The van der Waals surface area contributed by atoms with Crippen LogP contribution in [-0.4, -0.2) is 24.8 Å². The van der Waals surface area contributed by atoms with E-state index >= 15 is 0 Å². The number of para-hydroxylation sites is 1. The van der Waals surface area contributed by atoms with E-state index in [1.807, 2.05) is 42.5 Å². The van der Waals surface area contributed by atoms with Crippen molar-refractivity contribution < 1.29 is 14.4 Å². The van der Waals surface area contributed by atoms with Gasteiger partial charge in [-0.25, -0.2) is 4.90 Å². The van der Waals surface area contributed by atoms with E-state index < -0.39 is 0 Å². The van der Waals surface area contributed by atoms with Crippen LogP contribution >= 0.6 is 0 Å². The van der Waals surface area contributed by atoms with Crippen LogP contribution in [0.4, 0.5) is 17.1 Å². The molecule has 0 unspecified atom stereocenters. The van der Waals surface area contributed by atoms with Gasteiger partial charge in [0.15, 0.2) is 0 Å². The Morgan fingerprint density at radius 2 is 1.52 bits per heavy atom. The Hall–Kier alpha value is -4.19.